The van der Waals surface area contributed by atoms with Gasteiger partial charge in [0.15, 0.2) is 0 Å². The van der Waals surface area contributed by atoms with Crippen LogP contribution in [0.15, 0.2) is 17.0 Å². The highest BCUT2D eigenvalue weighted by Gasteiger charge is 2.03. The van der Waals surface area contributed by atoms with Gasteiger partial charge < -0.3 is 10.2 Å². The zero-order chi connectivity index (χ0) is 12.0. The number of hydrogen-bond acceptors (Lipinski definition) is 4. The standard InChI is InChI=1S/C11H19BrN4/c1-9(2)16(3)6-4-5-14-11-10(12)7-13-8-15-11/h7-9H,4-6H2,1-3H3,(H,13,14,15). The molecular formula is C11H19BrN4. The Morgan fingerprint density at radius 2 is 2.25 bits per heavy atom. The predicted molar refractivity (Wildman–Crippen MR) is 70.6 cm³/mol. The number of nitrogens with one attached hydrogen (secondary N) is 1. The molecular weight excluding hydrogens is 268 g/mol. The molecule has 1 N–H and O–H groups in total. The van der Waals surface area contributed by atoms with Gasteiger partial charge in [-0.15, -0.1) is 0 Å². The summed E-state index contributed by atoms with van der Waals surface area (Å²) >= 11 is 3.40. The van der Waals surface area contributed by atoms with Crippen LogP contribution in [0.5, 0.6) is 0 Å². The molecule has 0 spiro atoms. The van der Waals surface area contributed by atoms with Gasteiger partial charge in [0.1, 0.15) is 12.1 Å². The zero-order valence-electron chi connectivity index (χ0n) is 10.1. The van der Waals surface area contributed by atoms with Crippen molar-refractivity contribution in [3.63, 3.8) is 0 Å². The van der Waals surface area contributed by atoms with Crippen LogP contribution < -0.4 is 5.32 Å². The van der Waals surface area contributed by atoms with E-state index in [2.05, 4.69) is 57.0 Å². The van der Waals surface area contributed by atoms with Gasteiger partial charge >= 0.3 is 0 Å². The van der Waals surface area contributed by atoms with Crippen molar-refractivity contribution in [1.29, 1.82) is 0 Å². The second kappa shape index (κ2) is 6.81. The molecule has 5 heteroatoms. The van der Waals surface area contributed by atoms with Crippen LogP contribution in [0.4, 0.5) is 5.82 Å². The van der Waals surface area contributed by atoms with Crippen LogP contribution in [0.1, 0.15) is 20.3 Å². The maximum absolute atomic E-state index is 4.15. The van der Waals surface area contributed by atoms with Crippen LogP contribution in [-0.2, 0) is 0 Å². The lowest BCUT2D eigenvalue weighted by atomic mass is 10.3. The predicted octanol–water partition coefficient (Wildman–Crippen LogP) is 2.38. The summed E-state index contributed by atoms with van der Waals surface area (Å²) in [5.74, 6) is 0.863. The lowest BCUT2D eigenvalue weighted by Gasteiger charge is -2.20. The second-order valence-electron chi connectivity index (χ2n) is 4.07. The maximum Gasteiger partial charge on any atom is 0.143 e. The highest BCUT2D eigenvalue weighted by atomic mass is 79.9. The van der Waals surface area contributed by atoms with Crippen LogP contribution >= 0.6 is 15.9 Å². The van der Waals surface area contributed by atoms with Crippen LogP contribution in [0, 0.1) is 0 Å². The first-order valence-corrected chi connectivity index (χ1v) is 6.30. The minimum Gasteiger partial charge on any atom is -0.369 e. The van der Waals surface area contributed by atoms with Crippen molar-refractivity contribution in [3.05, 3.63) is 17.0 Å². The third kappa shape index (κ3) is 4.45. The van der Waals surface area contributed by atoms with Crippen molar-refractivity contribution < 1.29 is 0 Å². The topological polar surface area (TPSA) is 41.0 Å². The first kappa shape index (κ1) is 13.4. The Labute approximate surface area is 106 Å². The fourth-order valence-corrected chi connectivity index (χ4v) is 1.60. The summed E-state index contributed by atoms with van der Waals surface area (Å²) in [6, 6.07) is 0.603. The van der Waals surface area contributed by atoms with Gasteiger partial charge in [0.25, 0.3) is 0 Å². The van der Waals surface area contributed by atoms with E-state index < -0.39 is 0 Å². The maximum atomic E-state index is 4.15. The molecule has 0 aliphatic rings. The molecule has 0 saturated heterocycles. The molecule has 16 heavy (non-hydrogen) atoms. The summed E-state index contributed by atoms with van der Waals surface area (Å²) < 4.78 is 0.909. The fourth-order valence-electron chi connectivity index (χ4n) is 1.24. The molecule has 0 fully saturated rings. The first-order chi connectivity index (χ1) is 7.61. The van der Waals surface area contributed by atoms with Crippen molar-refractivity contribution in [2.24, 2.45) is 0 Å². The number of aromatic nitrogens is 2. The third-order valence-electron chi connectivity index (χ3n) is 2.53. The summed E-state index contributed by atoms with van der Waals surface area (Å²) in [6.45, 7) is 6.42. The van der Waals surface area contributed by atoms with E-state index in [-0.39, 0.29) is 0 Å². The molecule has 0 atom stereocenters. The van der Waals surface area contributed by atoms with Gasteiger partial charge in [0.2, 0.25) is 0 Å². The monoisotopic (exact) mass is 286 g/mol. The largest absolute Gasteiger partial charge is 0.369 e. The molecule has 0 aromatic carbocycles. The Balaban J connectivity index is 2.24. The number of nitrogens with zero attached hydrogens (tertiary/aromatic N) is 3. The quantitative estimate of drug-likeness (QED) is 0.816. The average molecular weight is 287 g/mol. The van der Waals surface area contributed by atoms with E-state index in [1.54, 1.807) is 12.5 Å². The third-order valence-corrected chi connectivity index (χ3v) is 3.11. The number of rotatable bonds is 6. The Bertz CT molecular complexity index is 317. The molecule has 1 aromatic heterocycles. The molecule has 1 aromatic rings. The molecule has 0 bridgehead atoms. The molecule has 1 heterocycles. The fraction of sp³-hybridized carbons (Fsp3) is 0.636. The summed E-state index contributed by atoms with van der Waals surface area (Å²) in [6.07, 6.45) is 4.40. The first-order valence-electron chi connectivity index (χ1n) is 5.51. The molecule has 0 saturated carbocycles. The molecule has 0 aliphatic carbocycles. The SMILES string of the molecule is CC(C)N(C)CCCNc1ncncc1Br. The number of halogens is 1. The zero-order valence-corrected chi connectivity index (χ0v) is 11.7. The van der Waals surface area contributed by atoms with Crippen LogP contribution in [0.3, 0.4) is 0 Å². The minimum absolute atomic E-state index is 0.603. The van der Waals surface area contributed by atoms with Crippen molar-refractivity contribution in [2.45, 2.75) is 26.3 Å². The highest BCUT2D eigenvalue weighted by Crippen LogP contribution is 2.16. The molecule has 0 radical (unpaired) electrons. The van der Waals surface area contributed by atoms with Gasteiger partial charge in [-0.3, -0.25) is 0 Å². The van der Waals surface area contributed by atoms with Gasteiger partial charge in [-0.1, -0.05) is 0 Å². The van der Waals surface area contributed by atoms with Crippen LogP contribution in [-0.4, -0.2) is 41.0 Å². The number of anilines is 1. The van der Waals surface area contributed by atoms with Gasteiger partial charge in [0, 0.05) is 18.8 Å². The molecule has 1 rings (SSSR count). The Morgan fingerprint density at radius 1 is 1.50 bits per heavy atom. The van der Waals surface area contributed by atoms with Crippen molar-refractivity contribution >= 4 is 21.7 Å². The van der Waals surface area contributed by atoms with Crippen molar-refractivity contribution in [1.82, 2.24) is 14.9 Å². The second-order valence-corrected chi connectivity index (χ2v) is 4.93. The van der Waals surface area contributed by atoms with Crippen molar-refractivity contribution in [3.8, 4) is 0 Å². The van der Waals surface area contributed by atoms with E-state index in [9.17, 15) is 0 Å². The van der Waals surface area contributed by atoms with Crippen molar-refractivity contribution in [2.75, 3.05) is 25.5 Å². The Kier molecular flexibility index (Phi) is 5.69. The van der Waals surface area contributed by atoms with E-state index in [1.807, 2.05) is 0 Å². The normalized spacial score (nSPS) is 11.1. The summed E-state index contributed by atoms with van der Waals surface area (Å²) in [7, 11) is 2.14. The number of hydrogen-bond donors (Lipinski definition) is 1. The van der Waals surface area contributed by atoms with Gasteiger partial charge in [-0.05, 0) is 49.8 Å². The Morgan fingerprint density at radius 3 is 2.88 bits per heavy atom. The summed E-state index contributed by atoms with van der Waals surface area (Å²) in [5, 5.41) is 3.28. The van der Waals surface area contributed by atoms with Crippen LogP contribution in [0.25, 0.3) is 0 Å². The van der Waals surface area contributed by atoms with E-state index in [1.165, 1.54) is 0 Å². The van der Waals surface area contributed by atoms with Gasteiger partial charge in [-0.25, -0.2) is 9.97 Å². The van der Waals surface area contributed by atoms with E-state index in [0.717, 1.165) is 29.8 Å². The molecule has 0 aliphatic heterocycles. The molecule has 0 unspecified atom stereocenters. The van der Waals surface area contributed by atoms with E-state index in [4.69, 9.17) is 0 Å². The lowest BCUT2D eigenvalue weighted by molar-refractivity contribution is 0.273. The lowest BCUT2D eigenvalue weighted by Crippen LogP contribution is -2.28. The minimum atomic E-state index is 0.603. The molecule has 90 valence electrons. The van der Waals surface area contributed by atoms with E-state index in [0.29, 0.717) is 6.04 Å². The smallest absolute Gasteiger partial charge is 0.143 e. The van der Waals surface area contributed by atoms with Gasteiger partial charge in [-0.2, -0.15) is 0 Å². The average Bonchev–Trinajstić information content (AvgIpc) is 2.26. The molecule has 0 amide bonds. The van der Waals surface area contributed by atoms with Gasteiger partial charge in [0.05, 0.1) is 4.47 Å². The highest BCUT2D eigenvalue weighted by molar-refractivity contribution is 9.10. The Hall–Kier alpha value is -0.680. The summed E-state index contributed by atoms with van der Waals surface area (Å²) in [5.41, 5.74) is 0. The summed E-state index contributed by atoms with van der Waals surface area (Å²) in [4.78, 5) is 10.4. The van der Waals surface area contributed by atoms with Crippen LogP contribution in [0.2, 0.25) is 0 Å². The van der Waals surface area contributed by atoms with E-state index >= 15 is 0 Å². The molecule has 4 nitrogen and oxygen atoms in total.